The molecule has 3 aromatic rings. The second-order valence-electron chi connectivity index (χ2n) is 7.06. The van der Waals surface area contributed by atoms with Crippen molar-refractivity contribution in [3.8, 4) is 22.8 Å². The summed E-state index contributed by atoms with van der Waals surface area (Å²) in [5.41, 5.74) is 2.80. The third-order valence-electron chi connectivity index (χ3n) is 5.18. The van der Waals surface area contributed by atoms with Crippen LogP contribution in [0.25, 0.3) is 22.8 Å². The Balaban J connectivity index is 1.46. The molecule has 2 aromatic carbocycles. The molecule has 0 radical (unpaired) electrons. The van der Waals surface area contributed by atoms with Crippen LogP contribution < -0.4 is 5.32 Å². The number of sulfone groups is 1. The molecular weight excluding hydrogens is 374 g/mol. The minimum absolute atomic E-state index is 0.0726. The third-order valence-corrected chi connectivity index (χ3v) is 6.93. The minimum atomic E-state index is -3.22. The van der Waals surface area contributed by atoms with Crippen LogP contribution in [-0.2, 0) is 16.4 Å². The molecule has 1 heterocycles. The number of rotatable bonds is 7. The Hall–Kier alpha value is -2.51. The van der Waals surface area contributed by atoms with Crippen molar-refractivity contribution < 1.29 is 12.9 Å². The van der Waals surface area contributed by atoms with Crippen LogP contribution >= 0.6 is 0 Å². The molecule has 1 aliphatic rings. The lowest BCUT2D eigenvalue weighted by Crippen LogP contribution is -2.34. The molecule has 4 rings (SSSR count). The normalized spacial score (nSPS) is 14.8. The molecular formula is C21H23N3O3S. The van der Waals surface area contributed by atoms with E-state index in [9.17, 15) is 8.42 Å². The number of aromatic nitrogens is 2. The summed E-state index contributed by atoms with van der Waals surface area (Å²) in [5.74, 6) is 0.952. The summed E-state index contributed by atoms with van der Waals surface area (Å²) in [5, 5.41) is 7.60. The van der Waals surface area contributed by atoms with E-state index in [1.807, 2.05) is 12.1 Å². The Labute approximate surface area is 164 Å². The van der Waals surface area contributed by atoms with Crippen molar-refractivity contribution >= 4 is 9.84 Å². The second kappa shape index (κ2) is 7.85. The van der Waals surface area contributed by atoms with Crippen molar-refractivity contribution in [1.82, 2.24) is 15.5 Å². The lowest BCUT2D eigenvalue weighted by atomic mass is 9.93. The first-order valence-electron chi connectivity index (χ1n) is 9.55. The molecule has 0 amide bonds. The molecule has 146 valence electrons. The summed E-state index contributed by atoms with van der Waals surface area (Å²) in [6, 6.07) is 15.3. The van der Waals surface area contributed by atoms with Crippen LogP contribution in [0.4, 0.5) is 0 Å². The molecule has 6 nitrogen and oxygen atoms in total. The molecule has 7 heteroatoms. The van der Waals surface area contributed by atoms with Crippen molar-refractivity contribution in [3.63, 3.8) is 0 Å². The molecule has 1 N–H and O–H groups in total. The van der Waals surface area contributed by atoms with Crippen LogP contribution in [0.15, 0.2) is 57.9 Å². The van der Waals surface area contributed by atoms with Gasteiger partial charge in [0.2, 0.25) is 5.82 Å². The fraction of sp³-hybridized carbons (Fsp3) is 0.333. The van der Waals surface area contributed by atoms with Crippen LogP contribution in [0.5, 0.6) is 0 Å². The first-order valence-corrected chi connectivity index (χ1v) is 11.2. The Kier molecular flexibility index (Phi) is 5.28. The van der Waals surface area contributed by atoms with E-state index >= 15 is 0 Å². The highest BCUT2D eigenvalue weighted by Gasteiger charge is 2.16. The number of nitrogens with one attached hydrogen (secondary N) is 1. The topological polar surface area (TPSA) is 85.1 Å². The molecule has 1 aliphatic carbocycles. The van der Waals surface area contributed by atoms with Gasteiger partial charge < -0.3 is 9.84 Å². The zero-order valence-electron chi connectivity index (χ0n) is 15.8. The zero-order chi connectivity index (χ0) is 19.6. The van der Waals surface area contributed by atoms with Gasteiger partial charge in [-0.25, -0.2) is 8.42 Å². The lowest BCUT2D eigenvalue weighted by molar-refractivity contribution is 0.338. The first kappa shape index (κ1) is 18.8. The maximum atomic E-state index is 11.9. The number of hydrogen-bond acceptors (Lipinski definition) is 6. The maximum absolute atomic E-state index is 11.9. The highest BCUT2D eigenvalue weighted by molar-refractivity contribution is 7.91. The van der Waals surface area contributed by atoms with E-state index in [1.54, 1.807) is 31.2 Å². The molecule has 0 spiro atoms. The molecule has 0 aliphatic heterocycles. The van der Waals surface area contributed by atoms with Crippen molar-refractivity contribution in [2.45, 2.75) is 43.7 Å². The van der Waals surface area contributed by atoms with Crippen molar-refractivity contribution in [2.24, 2.45) is 0 Å². The molecule has 0 saturated heterocycles. The van der Waals surface area contributed by atoms with Gasteiger partial charge in [0.25, 0.3) is 5.89 Å². The fourth-order valence-electron chi connectivity index (χ4n) is 3.08. The van der Waals surface area contributed by atoms with E-state index in [1.165, 1.54) is 24.8 Å². The summed E-state index contributed by atoms with van der Waals surface area (Å²) < 4.78 is 29.2. The zero-order valence-corrected chi connectivity index (χ0v) is 16.6. The van der Waals surface area contributed by atoms with Crippen LogP contribution in [-0.4, -0.2) is 30.4 Å². The molecule has 1 saturated carbocycles. The summed E-state index contributed by atoms with van der Waals surface area (Å²) in [6.45, 7) is 2.50. The fourth-order valence-corrected chi connectivity index (χ4v) is 3.96. The van der Waals surface area contributed by atoms with E-state index in [2.05, 4.69) is 27.6 Å². The van der Waals surface area contributed by atoms with Gasteiger partial charge in [0.15, 0.2) is 9.84 Å². The monoisotopic (exact) mass is 397 g/mol. The van der Waals surface area contributed by atoms with Gasteiger partial charge in [0, 0.05) is 23.7 Å². The molecule has 0 atom stereocenters. The predicted molar refractivity (Wildman–Crippen MR) is 107 cm³/mol. The Morgan fingerprint density at radius 2 is 1.71 bits per heavy atom. The first-order chi connectivity index (χ1) is 13.5. The van der Waals surface area contributed by atoms with Gasteiger partial charge in [0.1, 0.15) is 0 Å². The van der Waals surface area contributed by atoms with E-state index < -0.39 is 9.84 Å². The standard InChI is InChI=1S/C21H23N3O3S/c1-2-28(25,26)19-12-10-17(11-13-19)21-23-20(24-27-21)16-8-6-15(7-9-16)14-22-18-4-3-5-18/h6-13,18,22H,2-5,14H2,1H3. The van der Waals surface area contributed by atoms with Crippen LogP contribution in [0.3, 0.4) is 0 Å². The summed E-state index contributed by atoms with van der Waals surface area (Å²) in [7, 11) is -3.22. The molecule has 28 heavy (non-hydrogen) atoms. The molecule has 0 unspecified atom stereocenters. The van der Waals surface area contributed by atoms with Gasteiger partial charge in [-0.2, -0.15) is 4.98 Å². The summed E-state index contributed by atoms with van der Waals surface area (Å²) in [6.07, 6.45) is 3.87. The van der Waals surface area contributed by atoms with E-state index in [0.29, 0.717) is 28.2 Å². The highest BCUT2D eigenvalue weighted by atomic mass is 32.2. The van der Waals surface area contributed by atoms with E-state index in [4.69, 9.17) is 4.52 Å². The van der Waals surface area contributed by atoms with E-state index in [0.717, 1.165) is 12.1 Å². The van der Waals surface area contributed by atoms with Crippen molar-refractivity contribution in [2.75, 3.05) is 5.75 Å². The Morgan fingerprint density at radius 1 is 1.04 bits per heavy atom. The average molecular weight is 398 g/mol. The summed E-state index contributed by atoms with van der Waals surface area (Å²) in [4.78, 5) is 4.74. The van der Waals surface area contributed by atoms with Crippen LogP contribution in [0, 0.1) is 0 Å². The van der Waals surface area contributed by atoms with Gasteiger partial charge in [0.05, 0.1) is 10.6 Å². The van der Waals surface area contributed by atoms with Crippen molar-refractivity contribution in [3.05, 3.63) is 54.1 Å². The second-order valence-corrected chi connectivity index (χ2v) is 9.33. The summed E-state index contributed by atoms with van der Waals surface area (Å²) >= 11 is 0. The van der Waals surface area contributed by atoms with Gasteiger partial charge in [-0.15, -0.1) is 0 Å². The Bertz CT molecular complexity index is 1040. The van der Waals surface area contributed by atoms with Gasteiger partial charge in [-0.3, -0.25) is 0 Å². The van der Waals surface area contributed by atoms with Crippen LogP contribution in [0.1, 0.15) is 31.7 Å². The third kappa shape index (κ3) is 4.00. The van der Waals surface area contributed by atoms with Gasteiger partial charge in [-0.1, -0.05) is 42.8 Å². The van der Waals surface area contributed by atoms with E-state index in [-0.39, 0.29) is 5.75 Å². The van der Waals surface area contributed by atoms with Crippen molar-refractivity contribution in [1.29, 1.82) is 0 Å². The number of nitrogens with zero attached hydrogens (tertiary/aromatic N) is 2. The predicted octanol–water partition coefficient (Wildman–Crippen LogP) is 3.84. The maximum Gasteiger partial charge on any atom is 0.258 e. The quantitative estimate of drug-likeness (QED) is 0.652. The molecule has 1 fully saturated rings. The smallest absolute Gasteiger partial charge is 0.258 e. The van der Waals surface area contributed by atoms with Gasteiger partial charge in [-0.05, 0) is 42.7 Å². The number of hydrogen-bond donors (Lipinski definition) is 1. The highest BCUT2D eigenvalue weighted by Crippen LogP contribution is 2.24. The average Bonchev–Trinajstić information content (AvgIpc) is 3.18. The van der Waals surface area contributed by atoms with Crippen LogP contribution in [0.2, 0.25) is 0 Å². The number of benzene rings is 2. The SMILES string of the molecule is CCS(=O)(=O)c1ccc(-c2nc(-c3ccc(CNC4CCC4)cc3)no2)cc1. The Morgan fingerprint density at radius 3 is 2.32 bits per heavy atom. The molecule has 0 bridgehead atoms. The van der Waals surface area contributed by atoms with Gasteiger partial charge >= 0.3 is 0 Å². The minimum Gasteiger partial charge on any atom is -0.334 e. The lowest BCUT2D eigenvalue weighted by Gasteiger charge is -2.26. The molecule has 1 aromatic heterocycles. The largest absolute Gasteiger partial charge is 0.334 e.